The maximum atomic E-state index is 12.2. The zero-order valence-electron chi connectivity index (χ0n) is 17.1. The molecule has 0 spiro atoms. The van der Waals surface area contributed by atoms with Gasteiger partial charge in [0.05, 0.1) is 13.1 Å². The molecule has 1 heterocycles. The molecule has 0 saturated carbocycles. The van der Waals surface area contributed by atoms with Gasteiger partial charge in [-0.2, -0.15) is 4.98 Å². The van der Waals surface area contributed by atoms with Gasteiger partial charge in [0.2, 0.25) is 5.89 Å². The number of rotatable bonds is 9. The SMILES string of the molecule is CC[C@H](C)N(CC(=O)OC(C)(C)C)Cc1nc(CCc2ccccc2)no1. The molecule has 0 aliphatic carbocycles. The quantitative estimate of drug-likeness (QED) is 0.623. The molecule has 1 aromatic heterocycles. The molecule has 6 nitrogen and oxygen atoms in total. The highest BCUT2D eigenvalue weighted by Gasteiger charge is 2.23. The van der Waals surface area contributed by atoms with Gasteiger partial charge in [-0.25, -0.2) is 0 Å². The van der Waals surface area contributed by atoms with Gasteiger partial charge < -0.3 is 9.26 Å². The average molecular weight is 373 g/mol. The second-order valence-corrected chi connectivity index (χ2v) is 7.84. The van der Waals surface area contributed by atoms with Gasteiger partial charge in [-0.1, -0.05) is 42.4 Å². The largest absolute Gasteiger partial charge is 0.459 e. The molecule has 0 aliphatic heterocycles. The van der Waals surface area contributed by atoms with Gasteiger partial charge in [0.1, 0.15) is 5.60 Å². The van der Waals surface area contributed by atoms with Crippen molar-refractivity contribution < 1.29 is 14.1 Å². The van der Waals surface area contributed by atoms with Crippen molar-refractivity contribution in [2.45, 2.75) is 72.1 Å². The zero-order chi connectivity index (χ0) is 19.9. The summed E-state index contributed by atoms with van der Waals surface area (Å²) in [5.74, 6) is 0.976. The van der Waals surface area contributed by atoms with Crippen LogP contribution in [-0.2, 0) is 28.9 Å². The highest BCUT2D eigenvalue weighted by atomic mass is 16.6. The molecule has 2 aromatic rings. The third-order valence-electron chi connectivity index (χ3n) is 4.29. The Morgan fingerprint density at radius 1 is 1.22 bits per heavy atom. The van der Waals surface area contributed by atoms with Crippen molar-refractivity contribution in [3.63, 3.8) is 0 Å². The van der Waals surface area contributed by atoms with Crippen LogP contribution in [0, 0.1) is 0 Å². The Hall–Kier alpha value is -2.21. The Morgan fingerprint density at radius 3 is 2.56 bits per heavy atom. The predicted octanol–water partition coefficient (Wildman–Crippen LogP) is 3.80. The minimum absolute atomic E-state index is 0.202. The van der Waals surface area contributed by atoms with Gasteiger partial charge in [0.15, 0.2) is 5.82 Å². The van der Waals surface area contributed by atoms with Crippen LogP contribution < -0.4 is 0 Å². The van der Waals surface area contributed by atoms with E-state index in [4.69, 9.17) is 9.26 Å². The van der Waals surface area contributed by atoms with Crippen LogP contribution in [0.1, 0.15) is 58.3 Å². The molecule has 27 heavy (non-hydrogen) atoms. The zero-order valence-corrected chi connectivity index (χ0v) is 17.1. The van der Waals surface area contributed by atoms with Crippen molar-refractivity contribution in [3.05, 3.63) is 47.6 Å². The van der Waals surface area contributed by atoms with E-state index in [0.717, 1.165) is 19.3 Å². The summed E-state index contributed by atoms with van der Waals surface area (Å²) in [7, 11) is 0. The fourth-order valence-corrected chi connectivity index (χ4v) is 2.70. The number of carbonyl (C=O) groups is 1. The van der Waals surface area contributed by atoms with Gasteiger partial charge in [-0.3, -0.25) is 9.69 Å². The highest BCUT2D eigenvalue weighted by Crippen LogP contribution is 2.13. The first-order valence-electron chi connectivity index (χ1n) is 9.58. The lowest BCUT2D eigenvalue weighted by Crippen LogP contribution is -2.39. The first-order chi connectivity index (χ1) is 12.8. The molecule has 0 radical (unpaired) electrons. The molecular formula is C21H31N3O3. The Kier molecular flexibility index (Phi) is 7.54. The second-order valence-electron chi connectivity index (χ2n) is 7.84. The molecule has 1 aromatic carbocycles. The van der Waals surface area contributed by atoms with Crippen molar-refractivity contribution in [1.82, 2.24) is 15.0 Å². The van der Waals surface area contributed by atoms with Crippen molar-refractivity contribution in [1.29, 1.82) is 0 Å². The Labute approximate surface area is 161 Å². The molecule has 0 saturated heterocycles. The average Bonchev–Trinajstić information content (AvgIpc) is 3.05. The first-order valence-corrected chi connectivity index (χ1v) is 9.58. The van der Waals surface area contributed by atoms with Crippen molar-refractivity contribution >= 4 is 5.97 Å². The van der Waals surface area contributed by atoms with E-state index < -0.39 is 5.60 Å². The maximum Gasteiger partial charge on any atom is 0.320 e. The van der Waals surface area contributed by atoms with Gasteiger partial charge in [0.25, 0.3) is 0 Å². The molecule has 2 rings (SSSR count). The summed E-state index contributed by atoms with van der Waals surface area (Å²) in [5, 5.41) is 4.08. The van der Waals surface area contributed by atoms with E-state index in [-0.39, 0.29) is 18.6 Å². The van der Waals surface area contributed by atoms with E-state index in [1.54, 1.807) is 0 Å². The predicted molar refractivity (Wildman–Crippen MR) is 104 cm³/mol. The molecule has 0 fully saturated rings. The Balaban J connectivity index is 1.94. The van der Waals surface area contributed by atoms with Crippen LogP contribution in [-0.4, -0.2) is 39.2 Å². The van der Waals surface area contributed by atoms with Crippen LogP contribution in [0.2, 0.25) is 0 Å². The summed E-state index contributed by atoms with van der Waals surface area (Å²) in [6, 6.07) is 10.4. The van der Waals surface area contributed by atoms with E-state index in [1.165, 1.54) is 5.56 Å². The molecule has 0 unspecified atom stereocenters. The summed E-state index contributed by atoms with van der Waals surface area (Å²) in [5.41, 5.74) is 0.753. The third kappa shape index (κ3) is 7.51. The lowest BCUT2D eigenvalue weighted by molar-refractivity contribution is -0.157. The fourth-order valence-electron chi connectivity index (χ4n) is 2.70. The lowest BCUT2D eigenvalue weighted by atomic mass is 10.1. The van der Waals surface area contributed by atoms with E-state index in [9.17, 15) is 4.79 Å². The third-order valence-corrected chi connectivity index (χ3v) is 4.29. The van der Waals surface area contributed by atoms with E-state index in [1.807, 2.05) is 43.9 Å². The molecular weight excluding hydrogens is 342 g/mol. The monoisotopic (exact) mass is 373 g/mol. The van der Waals surface area contributed by atoms with E-state index in [2.05, 4.69) is 36.1 Å². The Bertz CT molecular complexity index is 707. The lowest BCUT2D eigenvalue weighted by Gasteiger charge is -2.28. The van der Waals surface area contributed by atoms with Gasteiger partial charge in [-0.15, -0.1) is 0 Å². The van der Waals surface area contributed by atoms with Crippen LogP contribution in [0.3, 0.4) is 0 Å². The summed E-state index contributed by atoms with van der Waals surface area (Å²) >= 11 is 0. The number of hydrogen-bond acceptors (Lipinski definition) is 6. The van der Waals surface area contributed by atoms with Crippen molar-refractivity contribution in [2.24, 2.45) is 0 Å². The Morgan fingerprint density at radius 2 is 1.93 bits per heavy atom. The second kappa shape index (κ2) is 9.65. The smallest absolute Gasteiger partial charge is 0.320 e. The van der Waals surface area contributed by atoms with Gasteiger partial charge in [0, 0.05) is 12.5 Å². The summed E-state index contributed by atoms with van der Waals surface area (Å²) in [6.07, 6.45) is 2.51. The standard InChI is InChI=1S/C21H31N3O3/c1-6-16(2)24(15-20(25)26-21(3,4)5)14-19-22-18(23-27-19)13-12-17-10-8-7-9-11-17/h7-11,16H,6,12-15H2,1-5H3/t16-/m0/s1. The van der Waals surface area contributed by atoms with Crippen molar-refractivity contribution in [3.8, 4) is 0 Å². The van der Waals surface area contributed by atoms with Crippen LogP contribution in [0.25, 0.3) is 0 Å². The molecule has 0 bridgehead atoms. The molecule has 0 N–H and O–H groups in total. The number of aromatic nitrogens is 2. The van der Waals surface area contributed by atoms with Crippen LogP contribution in [0.4, 0.5) is 0 Å². The molecule has 6 heteroatoms. The maximum absolute atomic E-state index is 12.2. The van der Waals surface area contributed by atoms with Crippen LogP contribution in [0.15, 0.2) is 34.9 Å². The molecule has 1 atom stereocenters. The number of carbonyl (C=O) groups excluding carboxylic acids is 1. The number of hydrogen-bond donors (Lipinski definition) is 0. The molecule has 0 amide bonds. The fraction of sp³-hybridized carbons (Fsp3) is 0.571. The minimum Gasteiger partial charge on any atom is -0.459 e. The summed E-state index contributed by atoms with van der Waals surface area (Å²) in [4.78, 5) is 18.7. The number of aryl methyl sites for hydroxylation is 2. The van der Waals surface area contributed by atoms with Gasteiger partial charge >= 0.3 is 5.97 Å². The normalized spacial score (nSPS) is 13.0. The topological polar surface area (TPSA) is 68.5 Å². The summed E-state index contributed by atoms with van der Waals surface area (Å²) in [6.45, 7) is 10.4. The number of ether oxygens (including phenoxy) is 1. The number of nitrogens with zero attached hydrogens (tertiary/aromatic N) is 3. The summed E-state index contributed by atoms with van der Waals surface area (Å²) < 4.78 is 10.9. The van der Waals surface area contributed by atoms with Crippen LogP contribution in [0.5, 0.6) is 0 Å². The van der Waals surface area contributed by atoms with E-state index >= 15 is 0 Å². The number of esters is 1. The highest BCUT2D eigenvalue weighted by molar-refractivity contribution is 5.72. The van der Waals surface area contributed by atoms with E-state index in [0.29, 0.717) is 18.3 Å². The van der Waals surface area contributed by atoms with Crippen LogP contribution >= 0.6 is 0 Å². The van der Waals surface area contributed by atoms with Crippen molar-refractivity contribution in [2.75, 3.05) is 6.54 Å². The molecule has 148 valence electrons. The van der Waals surface area contributed by atoms with Gasteiger partial charge in [-0.05, 0) is 46.1 Å². The minimum atomic E-state index is -0.493. The first kappa shape index (κ1) is 21.1. The number of benzene rings is 1. The molecule has 0 aliphatic rings.